The van der Waals surface area contributed by atoms with Crippen molar-refractivity contribution in [3.05, 3.63) is 0 Å². The molecule has 0 atom stereocenters. The second-order valence-electron chi connectivity index (χ2n) is 4.21. The predicted octanol–water partition coefficient (Wildman–Crippen LogP) is 0.891. The highest BCUT2D eigenvalue weighted by atomic mass is 16.5. The highest BCUT2D eigenvalue weighted by molar-refractivity contribution is 5.79. The topological polar surface area (TPSA) is 29.5 Å². The minimum Gasteiger partial charge on any atom is -0.378 e. The van der Waals surface area contributed by atoms with E-state index in [1.54, 1.807) is 0 Å². The summed E-state index contributed by atoms with van der Waals surface area (Å²) in [5, 5.41) is 0. The van der Waals surface area contributed by atoms with Crippen molar-refractivity contribution in [3.63, 3.8) is 0 Å². The third kappa shape index (κ3) is 1.85. The molecule has 13 heavy (non-hydrogen) atoms. The molecule has 1 aliphatic carbocycles. The summed E-state index contributed by atoms with van der Waals surface area (Å²) in [5.41, 5.74) is 0. The number of morpholine rings is 1. The van der Waals surface area contributed by atoms with Crippen LogP contribution in [0.3, 0.4) is 0 Å². The number of ether oxygens (including phenoxy) is 1. The Morgan fingerprint density at radius 2 is 1.92 bits per heavy atom. The van der Waals surface area contributed by atoms with E-state index in [4.69, 9.17) is 4.74 Å². The molecule has 2 rings (SSSR count). The fraction of sp³-hybridized carbons (Fsp3) is 0.900. The van der Waals surface area contributed by atoms with E-state index in [1.807, 2.05) is 4.90 Å². The van der Waals surface area contributed by atoms with Crippen LogP contribution in [-0.2, 0) is 9.53 Å². The summed E-state index contributed by atoms with van der Waals surface area (Å²) >= 11 is 0. The Morgan fingerprint density at radius 1 is 1.31 bits per heavy atom. The molecule has 0 unspecified atom stereocenters. The smallest absolute Gasteiger partial charge is 0.225 e. The average Bonchev–Trinajstić information content (AvgIpc) is 2.13. The third-order valence-corrected chi connectivity index (χ3v) is 3.05. The predicted molar refractivity (Wildman–Crippen MR) is 49.3 cm³/mol. The number of carbonyl (C=O) groups is 1. The average molecular weight is 183 g/mol. The Kier molecular flexibility index (Phi) is 2.54. The highest BCUT2D eigenvalue weighted by Crippen LogP contribution is 2.34. The number of amides is 1. The molecule has 1 saturated heterocycles. The molecule has 0 radical (unpaired) electrons. The van der Waals surface area contributed by atoms with Crippen LogP contribution in [0.1, 0.15) is 19.8 Å². The maximum absolute atomic E-state index is 11.8. The van der Waals surface area contributed by atoms with Gasteiger partial charge in [0.2, 0.25) is 5.91 Å². The molecule has 74 valence electrons. The first-order valence-corrected chi connectivity index (χ1v) is 5.14. The summed E-state index contributed by atoms with van der Waals surface area (Å²) in [6.07, 6.45) is 2.19. The first-order valence-electron chi connectivity index (χ1n) is 5.14. The fourth-order valence-electron chi connectivity index (χ4n) is 2.15. The molecule has 0 aromatic heterocycles. The van der Waals surface area contributed by atoms with Crippen molar-refractivity contribution in [3.8, 4) is 0 Å². The third-order valence-electron chi connectivity index (χ3n) is 3.05. The quantitative estimate of drug-likeness (QED) is 0.604. The summed E-state index contributed by atoms with van der Waals surface area (Å²) in [4.78, 5) is 13.8. The van der Waals surface area contributed by atoms with Gasteiger partial charge in [0.1, 0.15) is 0 Å². The monoisotopic (exact) mass is 183 g/mol. The van der Waals surface area contributed by atoms with Crippen LogP contribution in [0.25, 0.3) is 0 Å². The number of rotatable bonds is 1. The van der Waals surface area contributed by atoms with E-state index < -0.39 is 0 Å². The largest absolute Gasteiger partial charge is 0.378 e. The maximum atomic E-state index is 11.8. The second kappa shape index (κ2) is 3.66. The number of nitrogens with zero attached hydrogens (tertiary/aromatic N) is 1. The lowest BCUT2D eigenvalue weighted by Crippen LogP contribution is -2.46. The molecule has 3 heteroatoms. The Balaban J connectivity index is 1.82. The van der Waals surface area contributed by atoms with Gasteiger partial charge in [0.25, 0.3) is 0 Å². The van der Waals surface area contributed by atoms with Crippen molar-refractivity contribution in [2.75, 3.05) is 26.3 Å². The fourth-order valence-corrected chi connectivity index (χ4v) is 2.15. The van der Waals surface area contributed by atoms with Crippen molar-refractivity contribution in [1.82, 2.24) is 4.90 Å². The molecular weight excluding hydrogens is 166 g/mol. The second-order valence-corrected chi connectivity index (χ2v) is 4.21. The number of carbonyl (C=O) groups excluding carboxylic acids is 1. The molecule has 1 heterocycles. The van der Waals surface area contributed by atoms with E-state index in [0.29, 0.717) is 25.0 Å². The highest BCUT2D eigenvalue weighted by Gasteiger charge is 2.34. The SMILES string of the molecule is CC1CC(C(=O)N2CCOCC2)C1. The molecule has 0 N–H and O–H groups in total. The van der Waals surface area contributed by atoms with Crippen LogP contribution in [0.15, 0.2) is 0 Å². The van der Waals surface area contributed by atoms with Gasteiger partial charge in [0.05, 0.1) is 13.2 Å². The van der Waals surface area contributed by atoms with Gasteiger partial charge in [0, 0.05) is 19.0 Å². The van der Waals surface area contributed by atoms with Crippen LogP contribution in [0.2, 0.25) is 0 Å². The molecule has 2 aliphatic rings. The summed E-state index contributed by atoms with van der Waals surface area (Å²) in [6, 6.07) is 0. The van der Waals surface area contributed by atoms with Gasteiger partial charge in [-0.3, -0.25) is 4.79 Å². The molecule has 0 bridgehead atoms. The minimum atomic E-state index is 0.327. The van der Waals surface area contributed by atoms with Gasteiger partial charge < -0.3 is 9.64 Å². The van der Waals surface area contributed by atoms with Crippen LogP contribution < -0.4 is 0 Å². The van der Waals surface area contributed by atoms with Crippen molar-refractivity contribution >= 4 is 5.91 Å². The lowest BCUT2D eigenvalue weighted by molar-refractivity contribution is -0.143. The van der Waals surface area contributed by atoms with E-state index in [0.717, 1.165) is 31.8 Å². The Morgan fingerprint density at radius 3 is 2.46 bits per heavy atom. The van der Waals surface area contributed by atoms with Crippen molar-refractivity contribution in [2.45, 2.75) is 19.8 Å². The van der Waals surface area contributed by atoms with Gasteiger partial charge in [-0.25, -0.2) is 0 Å². The molecule has 1 saturated carbocycles. The van der Waals surface area contributed by atoms with Crippen LogP contribution in [0, 0.1) is 11.8 Å². The Labute approximate surface area is 79.0 Å². The van der Waals surface area contributed by atoms with Gasteiger partial charge in [-0.15, -0.1) is 0 Å². The van der Waals surface area contributed by atoms with Crippen molar-refractivity contribution in [2.24, 2.45) is 11.8 Å². The summed E-state index contributed by atoms with van der Waals surface area (Å²) in [5.74, 6) is 1.45. The zero-order valence-electron chi connectivity index (χ0n) is 8.16. The standard InChI is InChI=1S/C10H17NO2/c1-8-6-9(7-8)10(12)11-2-4-13-5-3-11/h8-9H,2-7H2,1H3. The minimum absolute atomic E-state index is 0.327. The summed E-state index contributed by atoms with van der Waals surface area (Å²) in [7, 11) is 0. The Bertz CT molecular complexity index is 193. The van der Waals surface area contributed by atoms with Gasteiger partial charge in [-0.2, -0.15) is 0 Å². The van der Waals surface area contributed by atoms with Crippen LogP contribution in [0.4, 0.5) is 0 Å². The number of hydrogen-bond donors (Lipinski definition) is 0. The molecule has 1 aliphatic heterocycles. The number of hydrogen-bond acceptors (Lipinski definition) is 2. The van der Waals surface area contributed by atoms with Gasteiger partial charge in [0.15, 0.2) is 0 Å². The Hall–Kier alpha value is -0.570. The van der Waals surface area contributed by atoms with E-state index >= 15 is 0 Å². The summed E-state index contributed by atoms with van der Waals surface area (Å²) in [6.45, 7) is 5.23. The molecular formula is C10H17NO2. The van der Waals surface area contributed by atoms with Crippen molar-refractivity contribution in [1.29, 1.82) is 0 Å². The molecule has 1 amide bonds. The van der Waals surface area contributed by atoms with E-state index in [-0.39, 0.29) is 0 Å². The van der Waals surface area contributed by atoms with Gasteiger partial charge >= 0.3 is 0 Å². The van der Waals surface area contributed by atoms with Crippen LogP contribution in [-0.4, -0.2) is 37.1 Å². The van der Waals surface area contributed by atoms with Gasteiger partial charge in [-0.1, -0.05) is 6.92 Å². The molecule has 0 aromatic rings. The van der Waals surface area contributed by atoms with Crippen LogP contribution in [0.5, 0.6) is 0 Å². The lowest BCUT2D eigenvalue weighted by atomic mass is 9.75. The first-order chi connectivity index (χ1) is 6.27. The van der Waals surface area contributed by atoms with Crippen LogP contribution >= 0.6 is 0 Å². The van der Waals surface area contributed by atoms with Gasteiger partial charge in [-0.05, 0) is 18.8 Å². The van der Waals surface area contributed by atoms with E-state index in [2.05, 4.69) is 6.92 Å². The molecule has 2 fully saturated rings. The summed E-state index contributed by atoms with van der Waals surface area (Å²) < 4.78 is 5.21. The maximum Gasteiger partial charge on any atom is 0.225 e. The molecule has 0 spiro atoms. The normalized spacial score (nSPS) is 34.1. The van der Waals surface area contributed by atoms with E-state index in [1.165, 1.54) is 0 Å². The molecule has 3 nitrogen and oxygen atoms in total. The zero-order chi connectivity index (χ0) is 9.26. The van der Waals surface area contributed by atoms with Crippen molar-refractivity contribution < 1.29 is 9.53 Å². The first kappa shape index (κ1) is 9.00. The lowest BCUT2D eigenvalue weighted by Gasteiger charge is -2.37. The zero-order valence-corrected chi connectivity index (χ0v) is 8.16. The van der Waals surface area contributed by atoms with E-state index in [9.17, 15) is 4.79 Å². The molecule has 0 aromatic carbocycles.